The van der Waals surface area contributed by atoms with Gasteiger partial charge in [-0.05, 0) is 11.8 Å². The van der Waals surface area contributed by atoms with Crippen molar-refractivity contribution >= 4 is 25.3 Å². The summed E-state index contributed by atoms with van der Waals surface area (Å²) in [5.41, 5.74) is 10.3. The van der Waals surface area contributed by atoms with Crippen molar-refractivity contribution in [3.8, 4) is 0 Å². The van der Waals surface area contributed by atoms with E-state index in [0.29, 0.717) is 0 Å². The maximum atomic E-state index is 10.0. The van der Waals surface area contributed by atoms with Gasteiger partial charge in [-0.25, -0.2) is 0 Å². The van der Waals surface area contributed by atoms with Crippen molar-refractivity contribution in [3.63, 3.8) is 0 Å². The molecule has 0 unspecified atom stereocenters. The van der Waals surface area contributed by atoms with E-state index in [9.17, 15) is 9.59 Å². The molecule has 0 aromatic carbocycles. The van der Waals surface area contributed by atoms with Crippen LogP contribution in [0.4, 0.5) is 0 Å². The SMILES string of the molecule is CC(C)[C@H](N)C(=O)O.CC(C)[C@H](N)C(=O)O.O.O=[Se](=O)(O)O. The number of aliphatic carboxylic acids is 2. The molecule has 0 amide bonds. The first-order valence-corrected chi connectivity index (χ1v) is 8.70. The standard InChI is InChI=1S/2C5H11NO2.H2O4Se.H2O/c2*1-3(2)4(6)5(7)8;1-5(2,3)4;/h2*3-4H,6H2,1-2H3,(H,7,8);(H2,1,2,3,4);1H2/t2*4-;;/m00../s1. The number of hydrogen-bond acceptors (Lipinski definition) is 6. The molecule has 0 aromatic heterocycles. The third kappa shape index (κ3) is 27.2. The quantitative estimate of drug-likeness (QED) is 0.274. The van der Waals surface area contributed by atoms with E-state index in [0.717, 1.165) is 0 Å². The van der Waals surface area contributed by atoms with E-state index in [1.807, 2.05) is 0 Å². The number of carboxylic acids is 2. The van der Waals surface area contributed by atoms with Crippen LogP contribution in [0.2, 0.25) is 0 Å². The van der Waals surface area contributed by atoms with E-state index in [4.69, 9.17) is 37.7 Å². The average molecular weight is 397 g/mol. The Morgan fingerprint density at radius 1 is 0.818 bits per heavy atom. The molecule has 0 aliphatic heterocycles. The van der Waals surface area contributed by atoms with Crippen LogP contribution < -0.4 is 11.5 Å². The van der Waals surface area contributed by atoms with Crippen molar-refractivity contribution in [2.75, 3.05) is 0 Å². The molecule has 0 heterocycles. The van der Waals surface area contributed by atoms with Crippen LogP contribution in [0.15, 0.2) is 0 Å². The van der Waals surface area contributed by atoms with E-state index in [-0.39, 0.29) is 17.3 Å². The van der Waals surface area contributed by atoms with Crippen molar-refractivity contribution in [2.45, 2.75) is 39.8 Å². The summed E-state index contributed by atoms with van der Waals surface area (Å²) in [5, 5.41) is 16.5. The Kier molecular flexibility index (Phi) is 17.8. The van der Waals surface area contributed by atoms with E-state index in [2.05, 4.69) is 0 Å². The fraction of sp³-hybridized carbons (Fsp3) is 0.800. The molecule has 10 N–H and O–H groups in total. The summed E-state index contributed by atoms with van der Waals surface area (Å²) in [6.45, 7) is 7.11. The summed E-state index contributed by atoms with van der Waals surface area (Å²) in [5.74, 6) is -1.82. The zero-order valence-corrected chi connectivity index (χ0v) is 14.5. The monoisotopic (exact) mass is 398 g/mol. The first-order valence-electron chi connectivity index (χ1n) is 5.77. The van der Waals surface area contributed by atoms with Gasteiger partial charge in [-0.15, -0.1) is 0 Å². The van der Waals surface area contributed by atoms with Crippen molar-refractivity contribution in [1.29, 1.82) is 0 Å². The van der Waals surface area contributed by atoms with Crippen LogP contribution >= 0.6 is 0 Å². The van der Waals surface area contributed by atoms with Crippen LogP contribution in [0, 0.1) is 11.8 Å². The molecular weight excluding hydrogens is 371 g/mol. The van der Waals surface area contributed by atoms with Gasteiger partial charge in [-0.1, -0.05) is 27.7 Å². The zero-order valence-electron chi connectivity index (χ0n) is 12.8. The van der Waals surface area contributed by atoms with Gasteiger partial charge in [0, 0.05) is 0 Å². The molecule has 0 bridgehead atoms. The van der Waals surface area contributed by atoms with Gasteiger partial charge in [0.2, 0.25) is 0 Å². The molecule has 0 spiro atoms. The Bertz CT molecular complexity index is 377. The van der Waals surface area contributed by atoms with Gasteiger partial charge in [0.15, 0.2) is 0 Å². The Hall–Kier alpha value is -1.14. The molecule has 11 nitrogen and oxygen atoms in total. The molecule has 0 aliphatic rings. The first kappa shape index (κ1) is 28.9. The minimum atomic E-state index is -5.25. The number of hydrogen-bond donors (Lipinski definition) is 6. The second-order valence-corrected chi connectivity index (χ2v) is 6.54. The van der Waals surface area contributed by atoms with E-state index in [1.165, 1.54) is 0 Å². The third-order valence-corrected chi connectivity index (χ3v) is 2.01. The number of carboxylic acid groups (broad SMARTS) is 2. The fourth-order valence-corrected chi connectivity index (χ4v) is 0.570. The summed E-state index contributed by atoms with van der Waals surface area (Å²) in [6, 6.07) is -1.43. The number of nitrogens with two attached hydrogens (primary N) is 2. The Labute approximate surface area is 130 Å². The zero-order chi connectivity index (χ0) is 18.0. The van der Waals surface area contributed by atoms with Gasteiger partial charge >= 0.3 is 41.4 Å². The van der Waals surface area contributed by atoms with Gasteiger partial charge in [0.25, 0.3) is 0 Å². The summed E-state index contributed by atoms with van der Waals surface area (Å²) < 4.78 is 31.9. The van der Waals surface area contributed by atoms with Gasteiger partial charge in [0.05, 0.1) is 0 Å². The van der Waals surface area contributed by atoms with Crippen molar-refractivity contribution < 1.29 is 41.3 Å². The second kappa shape index (κ2) is 13.5. The van der Waals surface area contributed by atoms with Gasteiger partial charge in [-0.3, -0.25) is 9.59 Å². The fourth-order valence-electron chi connectivity index (χ4n) is 0.570. The molecule has 12 heteroatoms. The molecule has 0 rings (SSSR count). The first-order chi connectivity index (χ1) is 9.11. The summed E-state index contributed by atoms with van der Waals surface area (Å²) in [6.07, 6.45) is 0. The van der Waals surface area contributed by atoms with Crippen LogP contribution in [-0.2, 0) is 17.3 Å². The topological polar surface area (TPSA) is 233 Å². The van der Waals surface area contributed by atoms with Crippen LogP contribution in [0.1, 0.15) is 27.7 Å². The molecule has 0 saturated carbocycles. The predicted octanol–water partition coefficient (Wildman–Crippen LogP) is -2.45. The minimum absolute atomic E-state index is 0. The van der Waals surface area contributed by atoms with Gasteiger partial charge < -0.3 is 27.2 Å². The van der Waals surface area contributed by atoms with Crippen molar-refractivity contribution in [2.24, 2.45) is 23.3 Å². The molecule has 136 valence electrons. The Morgan fingerprint density at radius 3 is 0.955 bits per heavy atom. The van der Waals surface area contributed by atoms with Crippen LogP contribution in [0.3, 0.4) is 0 Å². The van der Waals surface area contributed by atoms with Gasteiger partial charge in [-0.2, -0.15) is 0 Å². The normalized spacial score (nSPS) is 12.8. The molecular formula is C10H26N2O9Se. The average Bonchev–Trinajstić information content (AvgIpc) is 2.24. The van der Waals surface area contributed by atoms with Crippen LogP contribution in [0.25, 0.3) is 0 Å². The van der Waals surface area contributed by atoms with E-state index >= 15 is 0 Å². The predicted molar refractivity (Wildman–Crippen MR) is 76.1 cm³/mol. The van der Waals surface area contributed by atoms with Crippen LogP contribution in [0.5, 0.6) is 0 Å². The summed E-state index contributed by atoms with van der Waals surface area (Å²) >= 11 is -5.25. The third-order valence-electron chi connectivity index (χ3n) is 2.01. The molecule has 22 heavy (non-hydrogen) atoms. The van der Waals surface area contributed by atoms with E-state index in [1.54, 1.807) is 27.7 Å². The van der Waals surface area contributed by atoms with E-state index < -0.39 is 37.4 Å². The van der Waals surface area contributed by atoms with Crippen LogP contribution in [-0.4, -0.2) is 61.5 Å². The molecule has 0 fully saturated rings. The number of rotatable bonds is 4. The summed E-state index contributed by atoms with van der Waals surface area (Å²) in [7, 11) is 0. The second-order valence-electron chi connectivity index (χ2n) is 4.66. The Balaban J connectivity index is -0.000000111. The molecule has 0 aliphatic carbocycles. The van der Waals surface area contributed by atoms with Gasteiger partial charge in [0.1, 0.15) is 12.1 Å². The molecule has 0 radical (unpaired) electrons. The Morgan fingerprint density at radius 2 is 0.955 bits per heavy atom. The molecule has 0 saturated heterocycles. The van der Waals surface area contributed by atoms with Crippen molar-refractivity contribution in [1.82, 2.24) is 0 Å². The van der Waals surface area contributed by atoms with Crippen molar-refractivity contribution in [3.05, 3.63) is 0 Å². The summed E-state index contributed by atoms with van der Waals surface area (Å²) in [4.78, 5) is 20.0. The molecule has 2 atom stereocenters. The maximum absolute atomic E-state index is 10.0. The molecule has 0 aromatic rings. The number of carbonyl (C=O) groups is 2.